The Balaban J connectivity index is 1.78. The minimum absolute atomic E-state index is 0.300. The van der Waals surface area contributed by atoms with Gasteiger partial charge in [0.15, 0.2) is 0 Å². The summed E-state index contributed by atoms with van der Waals surface area (Å²) < 4.78 is 0. The van der Waals surface area contributed by atoms with Crippen molar-refractivity contribution in [2.24, 2.45) is 11.1 Å². The molecule has 3 nitrogen and oxygen atoms in total. The molecule has 0 spiro atoms. The normalized spacial score (nSPS) is 43.6. The first-order chi connectivity index (χ1) is 8.96. The Morgan fingerprint density at radius 1 is 1.11 bits per heavy atom. The molecule has 3 unspecified atom stereocenters. The molecule has 0 aromatic heterocycles. The van der Waals surface area contributed by atoms with Crippen LogP contribution in [0.25, 0.3) is 0 Å². The van der Waals surface area contributed by atoms with Crippen LogP contribution in [-0.4, -0.2) is 54.1 Å². The number of likely N-dealkylation sites (N-methyl/N-ethyl adjacent to an activating group) is 1. The standard InChI is InChI=1S/C16H31N3/c1-15(2)7-8-16(11-15,12-17)19-9-6-13-4-5-14(10-19)18(13)3/h13-14H,4-12,17H2,1-3H3. The summed E-state index contributed by atoms with van der Waals surface area (Å²) in [6.07, 6.45) is 8.08. The third-order valence-corrected chi connectivity index (χ3v) is 6.27. The zero-order valence-corrected chi connectivity index (χ0v) is 13.0. The molecule has 19 heavy (non-hydrogen) atoms. The van der Waals surface area contributed by atoms with Crippen LogP contribution in [0.5, 0.6) is 0 Å². The summed E-state index contributed by atoms with van der Waals surface area (Å²) in [6, 6.07) is 1.61. The second kappa shape index (κ2) is 4.71. The molecule has 0 amide bonds. The van der Waals surface area contributed by atoms with E-state index in [9.17, 15) is 0 Å². The summed E-state index contributed by atoms with van der Waals surface area (Å²) in [7, 11) is 2.33. The van der Waals surface area contributed by atoms with Gasteiger partial charge in [0.25, 0.3) is 0 Å². The molecule has 0 radical (unpaired) electrons. The van der Waals surface area contributed by atoms with E-state index in [-0.39, 0.29) is 0 Å². The maximum atomic E-state index is 6.25. The summed E-state index contributed by atoms with van der Waals surface area (Å²) in [6.45, 7) is 8.19. The van der Waals surface area contributed by atoms with Crippen molar-refractivity contribution in [2.45, 2.75) is 70.0 Å². The van der Waals surface area contributed by atoms with Gasteiger partial charge in [-0.15, -0.1) is 0 Å². The van der Waals surface area contributed by atoms with Gasteiger partial charge in [-0.1, -0.05) is 13.8 Å². The summed E-state index contributed by atoms with van der Waals surface area (Å²) in [5.41, 5.74) is 7.03. The van der Waals surface area contributed by atoms with Crippen molar-refractivity contribution in [1.29, 1.82) is 0 Å². The van der Waals surface area contributed by atoms with Crippen LogP contribution in [0.15, 0.2) is 0 Å². The molecule has 2 N–H and O–H groups in total. The largest absolute Gasteiger partial charge is 0.329 e. The predicted molar refractivity (Wildman–Crippen MR) is 80.2 cm³/mol. The van der Waals surface area contributed by atoms with Gasteiger partial charge in [-0.3, -0.25) is 9.80 Å². The smallest absolute Gasteiger partial charge is 0.0337 e. The van der Waals surface area contributed by atoms with Crippen molar-refractivity contribution in [3.05, 3.63) is 0 Å². The van der Waals surface area contributed by atoms with E-state index < -0.39 is 0 Å². The summed E-state index contributed by atoms with van der Waals surface area (Å²) in [4.78, 5) is 5.42. The quantitative estimate of drug-likeness (QED) is 0.829. The van der Waals surface area contributed by atoms with Crippen molar-refractivity contribution >= 4 is 0 Å². The van der Waals surface area contributed by atoms with Crippen LogP contribution in [0.1, 0.15) is 52.4 Å². The predicted octanol–water partition coefficient (Wildman–Crippen LogP) is 2.06. The molecule has 1 aliphatic carbocycles. The maximum absolute atomic E-state index is 6.25. The van der Waals surface area contributed by atoms with E-state index in [0.717, 1.165) is 18.6 Å². The first-order valence-corrected chi connectivity index (χ1v) is 8.13. The highest BCUT2D eigenvalue weighted by molar-refractivity contribution is 5.05. The van der Waals surface area contributed by atoms with E-state index >= 15 is 0 Å². The van der Waals surface area contributed by atoms with Crippen molar-refractivity contribution in [2.75, 3.05) is 26.7 Å². The van der Waals surface area contributed by atoms with Gasteiger partial charge < -0.3 is 5.73 Å². The van der Waals surface area contributed by atoms with E-state index in [0.29, 0.717) is 11.0 Å². The molecule has 1 saturated carbocycles. The van der Waals surface area contributed by atoms with E-state index in [4.69, 9.17) is 5.73 Å². The molecule has 2 saturated heterocycles. The van der Waals surface area contributed by atoms with E-state index in [2.05, 4.69) is 30.7 Å². The number of nitrogens with two attached hydrogens (primary N) is 1. The lowest BCUT2D eigenvalue weighted by atomic mass is 9.86. The monoisotopic (exact) mass is 265 g/mol. The van der Waals surface area contributed by atoms with E-state index in [1.165, 1.54) is 51.6 Å². The van der Waals surface area contributed by atoms with Gasteiger partial charge in [-0.05, 0) is 51.0 Å². The molecule has 3 fully saturated rings. The third-order valence-electron chi connectivity index (χ3n) is 6.27. The molecular weight excluding hydrogens is 234 g/mol. The minimum atomic E-state index is 0.300. The highest BCUT2D eigenvalue weighted by Gasteiger charge is 2.48. The number of rotatable bonds is 2. The van der Waals surface area contributed by atoms with Crippen LogP contribution >= 0.6 is 0 Å². The summed E-state index contributed by atoms with van der Waals surface area (Å²) in [5.74, 6) is 0. The average Bonchev–Trinajstić information content (AvgIpc) is 2.78. The zero-order valence-electron chi connectivity index (χ0n) is 13.0. The second-order valence-corrected chi connectivity index (χ2v) is 8.05. The third kappa shape index (κ3) is 2.34. The molecule has 2 aliphatic heterocycles. The molecule has 3 rings (SSSR count). The molecule has 3 aliphatic rings. The van der Waals surface area contributed by atoms with Gasteiger partial charge in [0.1, 0.15) is 0 Å². The second-order valence-electron chi connectivity index (χ2n) is 8.05. The Labute approximate surface area is 118 Å². The molecule has 0 aromatic rings. The molecule has 2 heterocycles. The van der Waals surface area contributed by atoms with Crippen LogP contribution in [0.4, 0.5) is 0 Å². The van der Waals surface area contributed by atoms with Crippen LogP contribution in [0.3, 0.4) is 0 Å². The van der Waals surface area contributed by atoms with Gasteiger partial charge in [-0.2, -0.15) is 0 Å². The number of hydrogen-bond donors (Lipinski definition) is 1. The van der Waals surface area contributed by atoms with Gasteiger partial charge in [-0.25, -0.2) is 0 Å². The Bertz CT molecular complexity index is 341. The highest BCUT2D eigenvalue weighted by Crippen LogP contribution is 2.47. The maximum Gasteiger partial charge on any atom is 0.0337 e. The van der Waals surface area contributed by atoms with Crippen LogP contribution < -0.4 is 5.73 Å². The van der Waals surface area contributed by atoms with Crippen LogP contribution in [0, 0.1) is 5.41 Å². The highest BCUT2D eigenvalue weighted by atomic mass is 15.3. The van der Waals surface area contributed by atoms with Gasteiger partial charge in [0.2, 0.25) is 0 Å². The van der Waals surface area contributed by atoms with Gasteiger partial charge >= 0.3 is 0 Å². The lowest BCUT2D eigenvalue weighted by Crippen LogP contribution is -2.55. The minimum Gasteiger partial charge on any atom is -0.329 e. The first-order valence-electron chi connectivity index (χ1n) is 8.13. The van der Waals surface area contributed by atoms with Crippen molar-refractivity contribution in [3.8, 4) is 0 Å². The molecule has 110 valence electrons. The molecule has 2 bridgehead atoms. The number of nitrogens with zero attached hydrogens (tertiary/aromatic N) is 2. The molecular formula is C16H31N3. The fourth-order valence-electron chi connectivity index (χ4n) is 4.95. The topological polar surface area (TPSA) is 32.5 Å². The Morgan fingerprint density at radius 2 is 1.84 bits per heavy atom. The van der Waals surface area contributed by atoms with Crippen molar-refractivity contribution in [1.82, 2.24) is 9.80 Å². The van der Waals surface area contributed by atoms with Crippen molar-refractivity contribution in [3.63, 3.8) is 0 Å². The Hall–Kier alpha value is -0.120. The number of fused-ring (bicyclic) bond motifs is 2. The van der Waals surface area contributed by atoms with Gasteiger partial charge in [0, 0.05) is 37.3 Å². The average molecular weight is 265 g/mol. The zero-order chi connectivity index (χ0) is 13.7. The fraction of sp³-hybridized carbons (Fsp3) is 1.00. The summed E-state index contributed by atoms with van der Waals surface area (Å²) in [5, 5.41) is 0. The van der Waals surface area contributed by atoms with E-state index in [1.807, 2.05) is 0 Å². The molecule has 3 heteroatoms. The molecule has 0 aromatic carbocycles. The van der Waals surface area contributed by atoms with Gasteiger partial charge in [0.05, 0.1) is 0 Å². The lowest BCUT2D eigenvalue weighted by molar-refractivity contribution is 0.0781. The summed E-state index contributed by atoms with van der Waals surface area (Å²) >= 11 is 0. The fourth-order valence-corrected chi connectivity index (χ4v) is 4.95. The van der Waals surface area contributed by atoms with Crippen LogP contribution in [0.2, 0.25) is 0 Å². The Kier molecular flexibility index (Phi) is 3.43. The first kappa shape index (κ1) is 13.8. The van der Waals surface area contributed by atoms with Crippen molar-refractivity contribution < 1.29 is 0 Å². The lowest BCUT2D eigenvalue weighted by Gasteiger charge is -2.42. The van der Waals surface area contributed by atoms with Crippen LogP contribution in [-0.2, 0) is 0 Å². The number of likely N-dealkylation sites (tertiary alicyclic amines) is 1. The van der Waals surface area contributed by atoms with E-state index in [1.54, 1.807) is 0 Å². The molecule has 3 atom stereocenters. The SMILES string of the molecule is CN1C2CCC1CN(C1(CN)CCC(C)(C)C1)CC2. The Morgan fingerprint density at radius 3 is 2.47 bits per heavy atom. The number of hydrogen-bond acceptors (Lipinski definition) is 3.